The molecule has 0 radical (unpaired) electrons. The fourth-order valence-electron chi connectivity index (χ4n) is 1.96. The van der Waals surface area contributed by atoms with Crippen LogP contribution in [0, 0.1) is 0 Å². The number of pyridine rings is 1. The quantitative estimate of drug-likeness (QED) is 0.811. The Morgan fingerprint density at radius 1 is 1.47 bits per heavy atom. The van der Waals surface area contributed by atoms with E-state index in [4.69, 9.17) is 10.5 Å². The second-order valence-electron chi connectivity index (χ2n) is 4.21. The highest BCUT2D eigenvalue weighted by atomic mass is 16.5. The van der Waals surface area contributed by atoms with Gasteiger partial charge in [-0.2, -0.15) is 0 Å². The van der Waals surface area contributed by atoms with E-state index in [1.807, 2.05) is 6.07 Å². The first-order valence-electron chi connectivity index (χ1n) is 6.11. The number of benzene rings is 1. The zero-order chi connectivity index (χ0) is 13.8. The topological polar surface area (TPSA) is 85.4 Å². The number of esters is 1. The Kier molecular flexibility index (Phi) is 3.97. The van der Waals surface area contributed by atoms with Gasteiger partial charge in [-0.3, -0.25) is 9.78 Å². The molecule has 2 rings (SSSR count). The Morgan fingerprint density at radius 2 is 2.26 bits per heavy atom. The van der Waals surface area contributed by atoms with Crippen LogP contribution in [0.5, 0.6) is 5.75 Å². The van der Waals surface area contributed by atoms with Gasteiger partial charge in [0.15, 0.2) is 0 Å². The van der Waals surface area contributed by atoms with Crippen LogP contribution in [0.4, 0.5) is 0 Å². The largest absolute Gasteiger partial charge is 0.506 e. The number of phenolic OH excluding ortho intramolecular Hbond substituents is 1. The summed E-state index contributed by atoms with van der Waals surface area (Å²) in [5.41, 5.74) is 7.18. The van der Waals surface area contributed by atoms with Crippen molar-refractivity contribution in [3.63, 3.8) is 0 Å². The van der Waals surface area contributed by atoms with Crippen LogP contribution >= 0.6 is 0 Å². The van der Waals surface area contributed by atoms with Crippen molar-refractivity contribution in [2.24, 2.45) is 5.73 Å². The number of carbonyl (C=O) groups is 1. The molecule has 0 unspecified atom stereocenters. The normalized spacial score (nSPS) is 12.3. The zero-order valence-corrected chi connectivity index (χ0v) is 10.7. The van der Waals surface area contributed by atoms with Gasteiger partial charge in [-0.1, -0.05) is 12.1 Å². The molecule has 0 spiro atoms. The highest BCUT2D eigenvalue weighted by molar-refractivity contribution is 5.88. The summed E-state index contributed by atoms with van der Waals surface area (Å²) < 4.78 is 4.88. The monoisotopic (exact) mass is 260 g/mol. The second kappa shape index (κ2) is 5.67. The lowest BCUT2D eigenvalue weighted by Gasteiger charge is -2.12. The molecule has 0 bridgehead atoms. The van der Waals surface area contributed by atoms with Crippen molar-refractivity contribution in [2.45, 2.75) is 19.4 Å². The third-order valence-electron chi connectivity index (χ3n) is 2.87. The SMILES string of the molecule is CCOC(=O)[C@H](N)Cc1ccc(O)c2ncccc12. The summed E-state index contributed by atoms with van der Waals surface area (Å²) in [5, 5.41) is 10.5. The summed E-state index contributed by atoms with van der Waals surface area (Å²) in [6.07, 6.45) is 1.96. The minimum absolute atomic E-state index is 0.115. The van der Waals surface area contributed by atoms with Crippen molar-refractivity contribution in [1.29, 1.82) is 0 Å². The van der Waals surface area contributed by atoms with Crippen LogP contribution in [-0.2, 0) is 16.0 Å². The maximum absolute atomic E-state index is 11.5. The van der Waals surface area contributed by atoms with Crippen molar-refractivity contribution in [1.82, 2.24) is 4.98 Å². The zero-order valence-electron chi connectivity index (χ0n) is 10.7. The van der Waals surface area contributed by atoms with E-state index < -0.39 is 12.0 Å². The Bertz CT molecular complexity index is 598. The van der Waals surface area contributed by atoms with Crippen molar-refractivity contribution in [3.05, 3.63) is 36.0 Å². The lowest BCUT2D eigenvalue weighted by Crippen LogP contribution is -2.34. The Labute approximate surface area is 111 Å². The number of hydrogen-bond donors (Lipinski definition) is 2. The number of fused-ring (bicyclic) bond motifs is 1. The average molecular weight is 260 g/mol. The molecule has 100 valence electrons. The molecular formula is C14H16N2O3. The van der Waals surface area contributed by atoms with E-state index in [0.717, 1.165) is 10.9 Å². The van der Waals surface area contributed by atoms with Crippen molar-refractivity contribution >= 4 is 16.9 Å². The molecule has 0 saturated carbocycles. The van der Waals surface area contributed by atoms with E-state index in [1.165, 1.54) is 0 Å². The maximum atomic E-state index is 11.5. The van der Waals surface area contributed by atoms with Crippen LogP contribution in [-0.4, -0.2) is 28.7 Å². The summed E-state index contributed by atoms with van der Waals surface area (Å²) in [6.45, 7) is 2.05. The van der Waals surface area contributed by atoms with Crippen molar-refractivity contribution < 1.29 is 14.6 Å². The Hall–Kier alpha value is -2.14. The molecule has 0 fully saturated rings. The van der Waals surface area contributed by atoms with E-state index in [2.05, 4.69) is 4.98 Å². The molecule has 0 aliphatic carbocycles. The molecule has 1 heterocycles. The van der Waals surface area contributed by atoms with Gasteiger partial charge >= 0.3 is 5.97 Å². The predicted molar refractivity (Wildman–Crippen MR) is 71.7 cm³/mol. The predicted octanol–water partition coefficient (Wildman–Crippen LogP) is 1.37. The van der Waals surface area contributed by atoms with Crippen LogP contribution in [0.1, 0.15) is 12.5 Å². The molecule has 0 aliphatic heterocycles. The van der Waals surface area contributed by atoms with E-state index in [-0.39, 0.29) is 5.75 Å². The third kappa shape index (κ3) is 2.82. The smallest absolute Gasteiger partial charge is 0.323 e. The molecule has 1 aromatic heterocycles. The van der Waals surface area contributed by atoms with Crippen LogP contribution in [0.2, 0.25) is 0 Å². The van der Waals surface area contributed by atoms with Gasteiger partial charge in [-0.25, -0.2) is 0 Å². The number of nitrogens with zero attached hydrogens (tertiary/aromatic N) is 1. The fraction of sp³-hybridized carbons (Fsp3) is 0.286. The molecule has 5 nitrogen and oxygen atoms in total. The maximum Gasteiger partial charge on any atom is 0.323 e. The van der Waals surface area contributed by atoms with Crippen LogP contribution in [0.25, 0.3) is 10.9 Å². The van der Waals surface area contributed by atoms with E-state index in [0.29, 0.717) is 18.5 Å². The molecule has 3 N–H and O–H groups in total. The van der Waals surface area contributed by atoms with Gasteiger partial charge in [0.1, 0.15) is 17.3 Å². The number of phenols is 1. The summed E-state index contributed by atoms with van der Waals surface area (Å²) >= 11 is 0. The number of aromatic hydroxyl groups is 1. The van der Waals surface area contributed by atoms with E-state index >= 15 is 0 Å². The summed E-state index contributed by atoms with van der Waals surface area (Å²) in [7, 11) is 0. The van der Waals surface area contributed by atoms with Gasteiger partial charge in [-0.15, -0.1) is 0 Å². The number of aromatic nitrogens is 1. The van der Waals surface area contributed by atoms with Crippen LogP contribution < -0.4 is 5.73 Å². The summed E-state index contributed by atoms with van der Waals surface area (Å²) in [5.74, 6) is -0.309. The van der Waals surface area contributed by atoms with Gasteiger partial charge in [0.2, 0.25) is 0 Å². The fourth-order valence-corrected chi connectivity index (χ4v) is 1.96. The highest BCUT2D eigenvalue weighted by Gasteiger charge is 2.17. The molecule has 2 aromatic rings. The molecule has 0 aliphatic rings. The van der Waals surface area contributed by atoms with Gasteiger partial charge in [-0.05, 0) is 31.0 Å². The van der Waals surface area contributed by atoms with Crippen molar-refractivity contribution in [2.75, 3.05) is 6.61 Å². The molecule has 1 aromatic carbocycles. The minimum Gasteiger partial charge on any atom is -0.506 e. The Morgan fingerprint density at radius 3 is 3.00 bits per heavy atom. The number of rotatable bonds is 4. The lowest BCUT2D eigenvalue weighted by molar-refractivity contribution is -0.144. The van der Waals surface area contributed by atoms with E-state index in [9.17, 15) is 9.90 Å². The first-order chi connectivity index (χ1) is 9.13. The number of hydrogen-bond acceptors (Lipinski definition) is 5. The Balaban J connectivity index is 2.31. The van der Waals surface area contributed by atoms with Crippen LogP contribution in [0.3, 0.4) is 0 Å². The summed E-state index contributed by atoms with van der Waals surface area (Å²) in [4.78, 5) is 15.7. The number of ether oxygens (including phenoxy) is 1. The standard InChI is InChI=1S/C14H16N2O3/c1-2-19-14(18)11(15)8-9-5-6-12(17)13-10(9)4-3-7-16-13/h3-7,11,17H,2,8,15H2,1H3/t11-/m1/s1. The molecular weight excluding hydrogens is 244 g/mol. The third-order valence-corrected chi connectivity index (χ3v) is 2.87. The molecule has 0 saturated heterocycles. The number of carbonyl (C=O) groups excluding carboxylic acids is 1. The van der Waals surface area contributed by atoms with Gasteiger partial charge in [0.05, 0.1) is 6.61 Å². The van der Waals surface area contributed by atoms with Gasteiger partial charge in [0.25, 0.3) is 0 Å². The molecule has 0 amide bonds. The highest BCUT2D eigenvalue weighted by Crippen LogP contribution is 2.26. The van der Waals surface area contributed by atoms with Crippen LogP contribution in [0.15, 0.2) is 30.5 Å². The number of nitrogens with two attached hydrogens (primary N) is 1. The molecule has 5 heteroatoms. The van der Waals surface area contributed by atoms with Gasteiger partial charge in [0, 0.05) is 11.6 Å². The lowest BCUT2D eigenvalue weighted by atomic mass is 10.0. The first-order valence-corrected chi connectivity index (χ1v) is 6.11. The van der Waals surface area contributed by atoms with Crippen molar-refractivity contribution in [3.8, 4) is 5.75 Å². The molecule has 19 heavy (non-hydrogen) atoms. The average Bonchev–Trinajstić information content (AvgIpc) is 2.42. The second-order valence-corrected chi connectivity index (χ2v) is 4.21. The minimum atomic E-state index is -0.715. The van der Waals surface area contributed by atoms with Gasteiger partial charge < -0.3 is 15.6 Å². The first kappa shape index (κ1) is 13.3. The molecule has 1 atom stereocenters. The van der Waals surface area contributed by atoms with E-state index in [1.54, 1.807) is 31.3 Å². The summed E-state index contributed by atoms with van der Waals surface area (Å²) in [6, 6.07) is 6.21.